The van der Waals surface area contributed by atoms with Crippen molar-refractivity contribution >= 4 is 5.97 Å². The van der Waals surface area contributed by atoms with Crippen LogP contribution in [0.2, 0.25) is 0 Å². The molecule has 0 amide bonds. The van der Waals surface area contributed by atoms with Gasteiger partial charge in [-0.2, -0.15) is 8.78 Å². The third-order valence-electron chi connectivity index (χ3n) is 2.34. The molecule has 6 heteroatoms. The smallest absolute Gasteiger partial charge is 0.387 e. The van der Waals surface area contributed by atoms with E-state index < -0.39 is 18.4 Å². The van der Waals surface area contributed by atoms with Crippen molar-refractivity contribution in [3.8, 4) is 5.75 Å². The first kappa shape index (κ1) is 14.3. The van der Waals surface area contributed by atoms with Crippen molar-refractivity contribution in [1.82, 2.24) is 0 Å². The number of halogens is 3. The predicted molar refractivity (Wildman–Crippen MR) is 58.5 cm³/mol. The molecule has 1 aromatic carbocycles. The molecule has 0 unspecified atom stereocenters. The lowest BCUT2D eigenvalue weighted by Crippen LogP contribution is -2.10. The van der Waals surface area contributed by atoms with Crippen LogP contribution < -0.4 is 4.74 Å². The Bertz CT molecular complexity index is 444. The van der Waals surface area contributed by atoms with E-state index in [4.69, 9.17) is 0 Å². The van der Waals surface area contributed by atoms with E-state index in [2.05, 4.69) is 9.47 Å². The van der Waals surface area contributed by atoms with Crippen LogP contribution in [0.4, 0.5) is 13.2 Å². The lowest BCUT2D eigenvalue weighted by atomic mass is 9.99. The van der Waals surface area contributed by atoms with Gasteiger partial charge in [-0.3, -0.25) is 0 Å². The SMILES string of the molecule is COC(=O)c1cc(C(C)C)c(OC(F)F)cc1F. The molecule has 1 rings (SSSR count). The van der Waals surface area contributed by atoms with Gasteiger partial charge < -0.3 is 9.47 Å². The second kappa shape index (κ2) is 5.75. The van der Waals surface area contributed by atoms with Crippen LogP contribution in [0, 0.1) is 5.82 Å². The van der Waals surface area contributed by atoms with E-state index in [0.717, 1.165) is 13.2 Å². The first-order valence-electron chi connectivity index (χ1n) is 5.23. The van der Waals surface area contributed by atoms with Gasteiger partial charge in [-0.15, -0.1) is 0 Å². The molecule has 0 saturated heterocycles. The van der Waals surface area contributed by atoms with Gasteiger partial charge in [0, 0.05) is 6.07 Å². The molecule has 100 valence electrons. The van der Waals surface area contributed by atoms with Crippen LogP contribution in [0.1, 0.15) is 35.7 Å². The normalized spacial score (nSPS) is 10.9. The average molecular weight is 262 g/mol. The Morgan fingerprint density at radius 2 is 1.89 bits per heavy atom. The fourth-order valence-corrected chi connectivity index (χ4v) is 1.49. The van der Waals surface area contributed by atoms with Gasteiger partial charge in [0.05, 0.1) is 12.7 Å². The maximum absolute atomic E-state index is 13.6. The number of rotatable bonds is 4. The third kappa shape index (κ3) is 3.15. The summed E-state index contributed by atoms with van der Waals surface area (Å²) in [5.41, 5.74) is 0.0138. The summed E-state index contributed by atoms with van der Waals surface area (Å²) in [7, 11) is 1.11. The van der Waals surface area contributed by atoms with E-state index in [0.29, 0.717) is 5.56 Å². The van der Waals surface area contributed by atoms with Crippen molar-refractivity contribution in [2.45, 2.75) is 26.4 Å². The van der Waals surface area contributed by atoms with Crippen molar-refractivity contribution < 1.29 is 27.4 Å². The lowest BCUT2D eigenvalue weighted by Gasteiger charge is -2.15. The van der Waals surface area contributed by atoms with E-state index in [-0.39, 0.29) is 17.2 Å². The van der Waals surface area contributed by atoms with E-state index in [9.17, 15) is 18.0 Å². The number of alkyl halides is 2. The van der Waals surface area contributed by atoms with Gasteiger partial charge in [0.2, 0.25) is 0 Å². The summed E-state index contributed by atoms with van der Waals surface area (Å²) in [5.74, 6) is -2.30. The summed E-state index contributed by atoms with van der Waals surface area (Å²) < 4.78 is 46.6. The Morgan fingerprint density at radius 3 is 2.33 bits per heavy atom. The molecule has 0 heterocycles. The Labute approximate surface area is 103 Å². The molecule has 0 radical (unpaired) electrons. The molecular formula is C12H13F3O3. The highest BCUT2D eigenvalue weighted by atomic mass is 19.3. The number of ether oxygens (including phenoxy) is 2. The number of esters is 1. The molecule has 0 bridgehead atoms. The van der Waals surface area contributed by atoms with Crippen LogP contribution in [0.15, 0.2) is 12.1 Å². The molecular weight excluding hydrogens is 249 g/mol. The Balaban J connectivity index is 3.29. The van der Waals surface area contributed by atoms with Crippen molar-refractivity contribution in [1.29, 1.82) is 0 Å². The average Bonchev–Trinajstić information content (AvgIpc) is 2.27. The molecule has 18 heavy (non-hydrogen) atoms. The van der Waals surface area contributed by atoms with E-state index in [1.807, 2.05) is 0 Å². The van der Waals surface area contributed by atoms with E-state index in [1.165, 1.54) is 6.07 Å². The lowest BCUT2D eigenvalue weighted by molar-refractivity contribution is -0.0507. The monoisotopic (exact) mass is 262 g/mol. The Hall–Kier alpha value is -1.72. The van der Waals surface area contributed by atoms with Gasteiger partial charge in [-0.25, -0.2) is 9.18 Å². The van der Waals surface area contributed by atoms with Crippen LogP contribution in [0.3, 0.4) is 0 Å². The first-order valence-corrected chi connectivity index (χ1v) is 5.23. The highest BCUT2D eigenvalue weighted by Gasteiger charge is 2.20. The van der Waals surface area contributed by atoms with Crippen molar-refractivity contribution in [2.24, 2.45) is 0 Å². The molecule has 0 aliphatic carbocycles. The largest absolute Gasteiger partial charge is 0.465 e. The zero-order valence-electron chi connectivity index (χ0n) is 10.2. The minimum atomic E-state index is -3.05. The quantitative estimate of drug-likeness (QED) is 0.781. The molecule has 0 aliphatic heterocycles. The zero-order chi connectivity index (χ0) is 13.9. The summed E-state index contributed by atoms with van der Waals surface area (Å²) in [6.45, 7) is 0.380. The molecule has 3 nitrogen and oxygen atoms in total. The van der Waals surface area contributed by atoms with Crippen LogP contribution in [-0.4, -0.2) is 19.7 Å². The highest BCUT2D eigenvalue weighted by molar-refractivity contribution is 5.90. The number of benzene rings is 1. The van der Waals surface area contributed by atoms with Gasteiger partial charge >= 0.3 is 12.6 Å². The molecule has 0 aliphatic rings. The third-order valence-corrected chi connectivity index (χ3v) is 2.34. The van der Waals surface area contributed by atoms with Gasteiger partial charge in [-0.05, 0) is 17.5 Å². The molecule has 0 aromatic heterocycles. The highest BCUT2D eigenvalue weighted by Crippen LogP contribution is 2.30. The Kier molecular flexibility index (Phi) is 4.58. The van der Waals surface area contributed by atoms with Crippen molar-refractivity contribution in [3.63, 3.8) is 0 Å². The second-order valence-corrected chi connectivity index (χ2v) is 3.89. The predicted octanol–water partition coefficient (Wildman–Crippen LogP) is 3.34. The molecule has 0 fully saturated rings. The van der Waals surface area contributed by atoms with Crippen LogP contribution in [0.5, 0.6) is 5.75 Å². The molecule has 0 N–H and O–H groups in total. The zero-order valence-corrected chi connectivity index (χ0v) is 10.2. The minimum Gasteiger partial charge on any atom is -0.465 e. The van der Waals surface area contributed by atoms with Gasteiger partial charge in [0.1, 0.15) is 11.6 Å². The van der Waals surface area contributed by atoms with Gasteiger partial charge in [-0.1, -0.05) is 13.8 Å². The molecule has 0 spiro atoms. The fraction of sp³-hybridized carbons (Fsp3) is 0.417. The molecule has 1 aromatic rings. The van der Waals surface area contributed by atoms with Gasteiger partial charge in [0.25, 0.3) is 0 Å². The maximum Gasteiger partial charge on any atom is 0.387 e. The summed E-state index contributed by atoms with van der Waals surface area (Å²) in [5, 5.41) is 0. The van der Waals surface area contributed by atoms with E-state index >= 15 is 0 Å². The number of hydrogen-bond acceptors (Lipinski definition) is 3. The topological polar surface area (TPSA) is 35.5 Å². The number of methoxy groups -OCH3 is 1. The summed E-state index contributed by atoms with van der Waals surface area (Å²) in [6.07, 6.45) is 0. The number of carbonyl (C=O) groups is 1. The number of carbonyl (C=O) groups excluding carboxylic acids is 1. The number of hydrogen-bond donors (Lipinski definition) is 0. The summed E-state index contributed by atoms with van der Waals surface area (Å²) >= 11 is 0. The van der Waals surface area contributed by atoms with Gasteiger partial charge in [0.15, 0.2) is 0 Å². The molecule has 0 saturated carbocycles. The van der Waals surface area contributed by atoms with Crippen LogP contribution >= 0.6 is 0 Å². The minimum absolute atomic E-state index is 0.206. The summed E-state index contributed by atoms with van der Waals surface area (Å²) in [4.78, 5) is 11.3. The molecule has 0 atom stereocenters. The fourth-order valence-electron chi connectivity index (χ4n) is 1.49. The van der Waals surface area contributed by atoms with Crippen molar-refractivity contribution in [2.75, 3.05) is 7.11 Å². The maximum atomic E-state index is 13.6. The Morgan fingerprint density at radius 1 is 1.28 bits per heavy atom. The van der Waals surface area contributed by atoms with Crippen LogP contribution in [-0.2, 0) is 4.74 Å². The van der Waals surface area contributed by atoms with Crippen LogP contribution in [0.25, 0.3) is 0 Å². The van der Waals surface area contributed by atoms with Crippen molar-refractivity contribution in [3.05, 3.63) is 29.1 Å². The second-order valence-electron chi connectivity index (χ2n) is 3.89. The standard InChI is InChI=1S/C12H13F3O3/c1-6(2)7-4-8(11(16)17-3)9(13)5-10(7)18-12(14)15/h4-6,12H,1-3H3. The summed E-state index contributed by atoms with van der Waals surface area (Å²) in [6, 6.07) is 1.94. The van der Waals surface area contributed by atoms with E-state index in [1.54, 1.807) is 13.8 Å². The first-order chi connectivity index (χ1) is 8.36.